The maximum atomic E-state index is 13.2. The third-order valence-corrected chi connectivity index (χ3v) is 2.68. The second-order valence-electron chi connectivity index (χ2n) is 3.49. The van der Waals surface area contributed by atoms with E-state index in [9.17, 15) is 9.50 Å². The highest BCUT2D eigenvalue weighted by molar-refractivity contribution is 6.30. The Morgan fingerprint density at radius 2 is 1.69 bits per heavy atom. The van der Waals surface area contributed by atoms with E-state index in [1.165, 1.54) is 12.1 Å². The maximum absolute atomic E-state index is 13.2. The van der Waals surface area contributed by atoms with Crippen molar-refractivity contribution in [3.63, 3.8) is 0 Å². The van der Waals surface area contributed by atoms with Gasteiger partial charge in [-0.1, -0.05) is 48.0 Å². The molecule has 2 aromatic rings. The summed E-state index contributed by atoms with van der Waals surface area (Å²) < 4.78 is 13.2. The Kier molecular flexibility index (Phi) is 3.22. The fourth-order valence-corrected chi connectivity index (χ4v) is 1.63. The highest BCUT2D eigenvalue weighted by Crippen LogP contribution is 2.24. The first-order valence-corrected chi connectivity index (χ1v) is 5.24. The molecule has 0 aromatic heterocycles. The highest BCUT2D eigenvalue weighted by Gasteiger charge is 2.11. The van der Waals surface area contributed by atoms with E-state index < -0.39 is 11.9 Å². The smallest absolute Gasteiger partial charge is 0.142 e. The molecule has 82 valence electrons. The molecule has 1 nitrogen and oxygen atoms in total. The minimum atomic E-state index is -0.826. The topological polar surface area (TPSA) is 20.2 Å². The fraction of sp³-hybridized carbons (Fsp3) is 0.0769. The van der Waals surface area contributed by atoms with E-state index in [4.69, 9.17) is 11.6 Å². The number of benzene rings is 2. The lowest BCUT2D eigenvalue weighted by Crippen LogP contribution is -1.99. The van der Waals surface area contributed by atoms with Crippen LogP contribution in [0.25, 0.3) is 0 Å². The predicted molar refractivity (Wildman–Crippen MR) is 61.9 cm³/mol. The minimum Gasteiger partial charge on any atom is -0.384 e. The molecule has 0 amide bonds. The molecule has 1 unspecified atom stereocenters. The van der Waals surface area contributed by atoms with Crippen molar-refractivity contribution in [3.05, 3.63) is 70.5 Å². The summed E-state index contributed by atoms with van der Waals surface area (Å²) in [4.78, 5) is 0. The third kappa shape index (κ3) is 2.23. The van der Waals surface area contributed by atoms with Crippen LogP contribution < -0.4 is 0 Å². The summed E-state index contributed by atoms with van der Waals surface area (Å²) in [5.41, 5.74) is 1.22. The molecule has 3 heteroatoms. The molecule has 16 heavy (non-hydrogen) atoms. The van der Waals surface area contributed by atoms with Crippen LogP contribution in [0, 0.1) is 5.82 Å². The summed E-state index contributed by atoms with van der Waals surface area (Å²) in [7, 11) is 0. The molecule has 0 radical (unpaired) electrons. The molecule has 1 N–H and O–H groups in total. The van der Waals surface area contributed by atoms with Gasteiger partial charge in [0, 0.05) is 0 Å². The van der Waals surface area contributed by atoms with Crippen molar-refractivity contribution in [1.82, 2.24) is 0 Å². The zero-order valence-corrected chi connectivity index (χ0v) is 9.16. The summed E-state index contributed by atoms with van der Waals surface area (Å²) in [6.45, 7) is 0. The van der Waals surface area contributed by atoms with Gasteiger partial charge >= 0.3 is 0 Å². The van der Waals surface area contributed by atoms with E-state index in [0.29, 0.717) is 5.56 Å². The number of rotatable bonds is 2. The van der Waals surface area contributed by atoms with Crippen LogP contribution in [-0.2, 0) is 0 Å². The van der Waals surface area contributed by atoms with Gasteiger partial charge in [0.15, 0.2) is 0 Å². The average Bonchev–Trinajstić information content (AvgIpc) is 2.33. The van der Waals surface area contributed by atoms with Gasteiger partial charge < -0.3 is 5.11 Å². The van der Waals surface area contributed by atoms with Gasteiger partial charge in [-0.15, -0.1) is 0 Å². The molecule has 2 aromatic carbocycles. The number of aliphatic hydroxyl groups is 1. The monoisotopic (exact) mass is 236 g/mol. The van der Waals surface area contributed by atoms with Crippen LogP contribution in [0.3, 0.4) is 0 Å². The molecule has 0 saturated carbocycles. The molecule has 1 atom stereocenters. The zero-order valence-electron chi connectivity index (χ0n) is 8.40. The molecule has 0 aliphatic heterocycles. The minimum absolute atomic E-state index is 0.0593. The fourth-order valence-electron chi connectivity index (χ4n) is 1.51. The van der Waals surface area contributed by atoms with Crippen LogP contribution in [0.4, 0.5) is 4.39 Å². The van der Waals surface area contributed by atoms with Gasteiger partial charge in [0.05, 0.1) is 5.02 Å². The van der Waals surface area contributed by atoms with Crippen molar-refractivity contribution in [3.8, 4) is 0 Å². The second-order valence-corrected chi connectivity index (χ2v) is 3.89. The van der Waals surface area contributed by atoms with Gasteiger partial charge in [0.1, 0.15) is 11.9 Å². The molecular weight excluding hydrogens is 227 g/mol. The summed E-state index contributed by atoms with van der Waals surface area (Å²) in [6.07, 6.45) is -0.826. The van der Waals surface area contributed by atoms with Crippen LogP contribution in [0.1, 0.15) is 17.2 Å². The van der Waals surface area contributed by atoms with Crippen LogP contribution in [-0.4, -0.2) is 5.11 Å². The maximum Gasteiger partial charge on any atom is 0.142 e. The normalized spacial score (nSPS) is 12.4. The van der Waals surface area contributed by atoms with E-state index in [-0.39, 0.29) is 5.02 Å². The van der Waals surface area contributed by atoms with Gasteiger partial charge in [0.25, 0.3) is 0 Å². The van der Waals surface area contributed by atoms with Crippen molar-refractivity contribution in [2.45, 2.75) is 6.10 Å². The van der Waals surface area contributed by atoms with Crippen molar-refractivity contribution >= 4 is 11.6 Å². The van der Waals surface area contributed by atoms with E-state index in [1.807, 2.05) is 18.2 Å². The highest BCUT2D eigenvalue weighted by atomic mass is 35.5. The lowest BCUT2D eigenvalue weighted by molar-refractivity contribution is 0.220. The number of hydrogen-bond acceptors (Lipinski definition) is 1. The van der Waals surface area contributed by atoms with Crippen LogP contribution in [0.15, 0.2) is 48.5 Å². The molecule has 0 saturated heterocycles. The van der Waals surface area contributed by atoms with E-state index >= 15 is 0 Å². The molecule has 0 heterocycles. The third-order valence-electron chi connectivity index (χ3n) is 2.37. The lowest BCUT2D eigenvalue weighted by Gasteiger charge is -2.11. The molecule has 0 bridgehead atoms. The Morgan fingerprint density at radius 3 is 2.31 bits per heavy atom. The largest absolute Gasteiger partial charge is 0.384 e. The Bertz CT molecular complexity index is 485. The lowest BCUT2D eigenvalue weighted by atomic mass is 10.0. The Labute approximate surface area is 98.1 Å². The average molecular weight is 237 g/mol. The van der Waals surface area contributed by atoms with Gasteiger partial charge in [-0.25, -0.2) is 4.39 Å². The van der Waals surface area contributed by atoms with Crippen LogP contribution in [0.2, 0.25) is 5.02 Å². The first kappa shape index (κ1) is 11.1. The summed E-state index contributed by atoms with van der Waals surface area (Å²) >= 11 is 5.57. The molecular formula is C13H10ClFO. The first-order chi connectivity index (χ1) is 7.68. The first-order valence-electron chi connectivity index (χ1n) is 4.86. The number of halogens is 2. The summed E-state index contributed by atoms with van der Waals surface area (Å²) in [5.74, 6) is -0.519. The standard InChI is InChI=1S/C13H10ClFO/c14-11-7-6-10(8-12(11)15)13(16)9-4-2-1-3-5-9/h1-8,13,16H. The predicted octanol–water partition coefficient (Wildman–Crippen LogP) is 3.56. The molecule has 0 spiro atoms. The van der Waals surface area contributed by atoms with Crippen molar-refractivity contribution in [2.24, 2.45) is 0 Å². The van der Waals surface area contributed by atoms with Crippen LogP contribution >= 0.6 is 11.6 Å². The van der Waals surface area contributed by atoms with E-state index in [0.717, 1.165) is 5.56 Å². The Balaban J connectivity index is 2.34. The summed E-state index contributed by atoms with van der Waals surface area (Å²) in [5, 5.41) is 10.1. The quantitative estimate of drug-likeness (QED) is 0.845. The van der Waals surface area contributed by atoms with Gasteiger partial charge in [-0.3, -0.25) is 0 Å². The van der Waals surface area contributed by atoms with Gasteiger partial charge in [-0.2, -0.15) is 0 Å². The Hall–Kier alpha value is -1.38. The van der Waals surface area contributed by atoms with Crippen molar-refractivity contribution < 1.29 is 9.50 Å². The van der Waals surface area contributed by atoms with Crippen molar-refractivity contribution in [2.75, 3.05) is 0 Å². The van der Waals surface area contributed by atoms with Gasteiger partial charge in [-0.05, 0) is 23.3 Å². The molecule has 0 aliphatic rings. The van der Waals surface area contributed by atoms with E-state index in [1.54, 1.807) is 18.2 Å². The Morgan fingerprint density at radius 1 is 1.00 bits per heavy atom. The molecule has 2 rings (SSSR count). The molecule has 0 aliphatic carbocycles. The molecule has 0 fully saturated rings. The zero-order chi connectivity index (χ0) is 11.5. The van der Waals surface area contributed by atoms with Crippen molar-refractivity contribution in [1.29, 1.82) is 0 Å². The number of aliphatic hydroxyl groups excluding tert-OH is 1. The number of hydrogen-bond donors (Lipinski definition) is 1. The SMILES string of the molecule is OC(c1ccccc1)c1ccc(Cl)c(F)c1. The van der Waals surface area contributed by atoms with Crippen LogP contribution in [0.5, 0.6) is 0 Å². The summed E-state index contributed by atoms with van der Waals surface area (Å²) in [6, 6.07) is 13.4. The second kappa shape index (κ2) is 4.64. The van der Waals surface area contributed by atoms with Gasteiger partial charge in [0.2, 0.25) is 0 Å². The van der Waals surface area contributed by atoms with E-state index in [2.05, 4.69) is 0 Å².